The number of ether oxygens (including phenoxy) is 2. The topological polar surface area (TPSA) is 110 Å². The predicted molar refractivity (Wildman–Crippen MR) is 148 cm³/mol. The number of para-hydroxylation sites is 1. The van der Waals surface area contributed by atoms with Gasteiger partial charge in [-0.1, -0.05) is 54.1 Å². The fourth-order valence-electron chi connectivity index (χ4n) is 4.87. The van der Waals surface area contributed by atoms with Gasteiger partial charge in [0.05, 0.1) is 36.4 Å². The SMILES string of the molecule is CCOC(=O)C(=Nc1ccccc1C(=O)N[C@@H]1N=C(c2ccccc2)c2cc(C)cc3c2N(CC3)C1=O)OC. The molecule has 2 aliphatic heterocycles. The van der Waals surface area contributed by atoms with Gasteiger partial charge >= 0.3 is 11.9 Å². The van der Waals surface area contributed by atoms with Gasteiger partial charge in [0.1, 0.15) is 0 Å². The second kappa shape index (κ2) is 10.9. The van der Waals surface area contributed by atoms with Crippen molar-refractivity contribution in [1.82, 2.24) is 5.32 Å². The van der Waals surface area contributed by atoms with E-state index in [0.717, 1.165) is 34.4 Å². The zero-order valence-corrected chi connectivity index (χ0v) is 21.9. The Balaban J connectivity index is 1.55. The van der Waals surface area contributed by atoms with Crippen molar-refractivity contribution < 1.29 is 23.9 Å². The first-order chi connectivity index (χ1) is 18.9. The number of carbonyl (C=O) groups excluding carboxylic acids is 3. The minimum atomic E-state index is -1.17. The molecule has 1 N–H and O–H groups in total. The number of amides is 2. The molecule has 1 atom stereocenters. The molecule has 5 rings (SSSR count). The molecule has 2 amide bonds. The number of aryl methyl sites for hydroxylation is 1. The molecule has 0 saturated heterocycles. The van der Waals surface area contributed by atoms with Gasteiger partial charge in [0.15, 0.2) is 0 Å². The lowest BCUT2D eigenvalue weighted by molar-refractivity contribution is -0.136. The average Bonchev–Trinajstić information content (AvgIpc) is 3.33. The lowest BCUT2D eigenvalue weighted by atomic mass is 9.96. The van der Waals surface area contributed by atoms with E-state index < -0.39 is 18.0 Å². The molecular formula is C30H28N4O5. The second-order valence-corrected chi connectivity index (χ2v) is 9.14. The number of hydrogen-bond acceptors (Lipinski definition) is 7. The molecule has 9 nitrogen and oxygen atoms in total. The molecule has 9 heteroatoms. The molecule has 0 unspecified atom stereocenters. The lowest BCUT2D eigenvalue weighted by Crippen LogP contribution is -2.47. The maximum atomic E-state index is 13.8. The van der Waals surface area contributed by atoms with Crippen LogP contribution in [0.25, 0.3) is 0 Å². The van der Waals surface area contributed by atoms with Crippen LogP contribution in [0, 0.1) is 6.92 Å². The van der Waals surface area contributed by atoms with Gasteiger partial charge in [0.2, 0.25) is 6.17 Å². The maximum Gasteiger partial charge on any atom is 0.394 e. The van der Waals surface area contributed by atoms with E-state index in [1.807, 2.05) is 43.3 Å². The summed E-state index contributed by atoms with van der Waals surface area (Å²) in [6.45, 7) is 4.35. The number of benzene rings is 3. The number of methoxy groups -OCH3 is 1. The van der Waals surface area contributed by atoms with Crippen LogP contribution < -0.4 is 10.2 Å². The monoisotopic (exact) mass is 524 g/mol. The smallest absolute Gasteiger partial charge is 0.394 e. The summed E-state index contributed by atoms with van der Waals surface area (Å²) in [6.07, 6.45) is -0.445. The number of aliphatic imine (C=N–C) groups is 2. The predicted octanol–water partition coefficient (Wildman–Crippen LogP) is 3.73. The van der Waals surface area contributed by atoms with Gasteiger partial charge in [-0.05, 0) is 44.0 Å². The van der Waals surface area contributed by atoms with E-state index in [1.165, 1.54) is 7.11 Å². The molecule has 0 radical (unpaired) electrons. The van der Waals surface area contributed by atoms with Gasteiger partial charge in [0, 0.05) is 17.7 Å². The standard InChI is InChI=1S/C30H28N4O5/c1-4-39-30(37)28(38-3)31-23-13-9-8-12-21(23)27(35)33-26-29(36)34-15-14-20-16-18(2)17-22(25(20)34)24(32-26)19-10-6-5-7-11-19/h5-13,16-17,26H,4,14-15H2,1-3H3,(H,33,35)/t26-/m0/s1. The minimum Gasteiger partial charge on any atom is -0.476 e. The number of nitrogens with zero attached hydrogens (tertiary/aromatic N) is 3. The summed E-state index contributed by atoms with van der Waals surface area (Å²) >= 11 is 0. The van der Waals surface area contributed by atoms with Crippen molar-refractivity contribution in [2.75, 3.05) is 25.2 Å². The Hall–Kier alpha value is -4.79. The average molecular weight is 525 g/mol. The number of anilines is 1. The third-order valence-electron chi connectivity index (χ3n) is 6.55. The van der Waals surface area contributed by atoms with E-state index in [-0.39, 0.29) is 29.7 Å². The van der Waals surface area contributed by atoms with Crippen molar-refractivity contribution in [1.29, 1.82) is 0 Å². The molecule has 0 aliphatic carbocycles. The number of carbonyl (C=O) groups is 3. The molecule has 0 bridgehead atoms. The van der Waals surface area contributed by atoms with Crippen molar-refractivity contribution >= 4 is 40.8 Å². The van der Waals surface area contributed by atoms with E-state index in [2.05, 4.69) is 16.4 Å². The Morgan fingerprint density at radius 3 is 2.59 bits per heavy atom. The highest BCUT2D eigenvalue weighted by Gasteiger charge is 2.37. The van der Waals surface area contributed by atoms with Gasteiger partial charge in [-0.3, -0.25) is 9.59 Å². The molecule has 0 saturated carbocycles. The number of esters is 1. The van der Waals surface area contributed by atoms with Gasteiger partial charge < -0.3 is 19.7 Å². The Kier molecular flexibility index (Phi) is 7.23. The molecule has 2 aliphatic rings. The van der Waals surface area contributed by atoms with Crippen LogP contribution in [-0.2, 0) is 25.5 Å². The zero-order chi connectivity index (χ0) is 27.5. The Morgan fingerprint density at radius 2 is 1.85 bits per heavy atom. The first-order valence-corrected chi connectivity index (χ1v) is 12.7. The molecule has 3 aromatic carbocycles. The van der Waals surface area contributed by atoms with Crippen LogP contribution in [0.4, 0.5) is 11.4 Å². The summed E-state index contributed by atoms with van der Waals surface area (Å²) in [5.74, 6) is -1.92. The van der Waals surface area contributed by atoms with Gasteiger partial charge in [-0.15, -0.1) is 0 Å². The maximum absolute atomic E-state index is 13.8. The van der Waals surface area contributed by atoms with E-state index in [4.69, 9.17) is 14.5 Å². The molecule has 0 aromatic heterocycles. The fourth-order valence-corrected chi connectivity index (χ4v) is 4.87. The lowest BCUT2D eigenvalue weighted by Gasteiger charge is -2.21. The van der Waals surface area contributed by atoms with Crippen molar-refractivity contribution in [3.05, 3.63) is 94.5 Å². The largest absolute Gasteiger partial charge is 0.476 e. The highest BCUT2D eigenvalue weighted by atomic mass is 16.6. The summed E-state index contributed by atoms with van der Waals surface area (Å²) in [6, 6.07) is 20.2. The second-order valence-electron chi connectivity index (χ2n) is 9.14. The summed E-state index contributed by atoms with van der Waals surface area (Å²) in [5.41, 5.74) is 5.68. The number of rotatable bonds is 5. The molecule has 0 spiro atoms. The van der Waals surface area contributed by atoms with E-state index in [9.17, 15) is 14.4 Å². The summed E-state index contributed by atoms with van der Waals surface area (Å²) in [5, 5.41) is 2.80. The van der Waals surface area contributed by atoms with Crippen LogP contribution in [-0.4, -0.2) is 55.8 Å². The van der Waals surface area contributed by atoms with Crippen molar-refractivity contribution in [2.45, 2.75) is 26.4 Å². The summed E-state index contributed by atoms with van der Waals surface area (Å²) < 4.78 is 10.1. The minimum absolute atomic E-state index is 0.148. The van der Waals surface area contributed by atoms with Crippen LogP contribution in [0.1, 0.15) is 39.5 Å². The van der Waals surface area contributed by atoms with Crippen LogP contribution in [0.3, 0.4) is 0 Å². The van der Waals surface area contributed by atoms with Crippen LogP contribution >= 0.6 is 0 Å². The highest BCUT2D eigenvalue weighted by Crippen LogP contribution is 2.37. The number of hydrogen-bond donors (Lipinski definition) is 1. The zero-order valence-electron chi connectivity index (χ0n) is 21.9. The molecule has 2 heterocycles. The molecule has 3 aromatic rings. The molecule has 39 heavy (non-hydrogen) atoms. The summed E-state index contributed by atoms with van der Waals surface area (Å²) in [4.78, 5) is 50.3. The molecule has 198 valence electrons. The van der Waals surface area contributed by atoms with Gasteiger partial charge in [-0.2, -0.15) is 0 Å². The summed E-state index contributed by atoms with van der Waals surface area (Å²) in [7, 11) is 1.30. The van der Waals surface area contributed by atoms with Gasteiger partial charge in [0.25, 0.3) is 11.8 Å². The Bertz CT molecular complexity index is 1510. The Labute approximate surface area is 226 Å². The van der Waals surface area contributed by atoms with Crippen LogP contribution in [0.2, 0.25) is 0 Å². The van der Waals surface area contributed by atoms with Crippen molar-refractivity contribution in [3.63, 3.8) is 0 Å². The van der Waals surface area contributed by atoms with E-state index in [0.29, 0.717) is 12.3 Å². The van der Waals surface area contributed by atoms with Crippen LogP contribution in [0.5, 0.6) is 0 Å². The fraction of sp³-hybridized carbons (Fsp3) is 0.233. The Morgan fingerprint density at radius 1 is 1.10 bits per heavy atom. The van der Waals surface area contributed by atoms with Crippen LogP contribution in [0.15, 0.2) is 76.7 Å². The molecule has 0 fully saturated rings. The normalized spacial score (nSPS) is 16.2. The first kappa shape index (κ1) is 25.8. The van der Waals surface area contributed by atoms with Gasteiger partial charge in [-0.25, -0.2) is 14.8 Å². The van der Waals surface area contributed by atoms with E-state index in [1.54, 1.807) is 36.1 Å². The quantitative estimate of drug-likeness (QED) is 0.311. The van der Waals surface area contributed by atoms with Crippen molar-refractivity contribution in [3.8, 4) is 0 Å². The van der Waals surface area contributed by atoms with E-state index >= 15 is 0 Å². The first-order valence-electron chi connectivity index (χ1n) is 12.7. The number of nitrogens with one attached hydrogen (secondary N) is 1. The van der Waals surface area contributed by atoms with Crippen molar-refractivity contribution in [2.24, 2.45) is 9.98 Å². The molecular weight excluding hydrogens is 496 g/mol. The third-order valence-corrected chi connectivity index (χ3v) is 6.55. The highest BCUT2D eigenvalue weighted by molar-refractivity contribution is 6.33. The third kappa shape index (κ3) is 5.03.